The van der Waals surface area contributed by atoms with Crippen molar-refractivity contribution >= 4 is 11.6 Å². The molecule has 2 nitrogen and oxygen atoms in total. The second-order valence-corrected chi connectivity index (χ2v) is 5.27. The fraction of sp³-hybridized carbons (Fsp3) is 0.615. The Kier molecular flexibility index (Phi) is 4.19. The summed E-state index contributed by atoms with van der Waals surface area (Å²) >= 11 is 6.23. The minimum Gasteiger partial charge on any atom is -0.312 e. The lowest BCUT2D eigenvalue weighted by molar-refractivity contribution is 0.493. The third kappa shape index (κ3) is 3.19. The van der Waals surface area contributed by atoms with Gasteiger partial charge in [0, 0.05) is 24.3 Å². The molecule has 1 aliphatic rings. The van der Waals surface area contributed by atoms with Gasteiger partial charge in [0.05, 0.1) is 0 Å². The van der Waals surface area contributed by atoms with Crippen LogP contribution in [0.2, 0.25) is 0 Å². The SMILES string of the molecule is Cc1cncc(CNCC2CCCC2Cl)c1. The molecule has 1 N–H and O–H groups in total. The quantitative estimate of drug-likeness (QED) is 0.816. The lowest BCUT2D eigenvalue weighted by Crippen LogP contribution is -2.25. The van der Waals surface area contributed by atoms with Crippen LogP contribution in [-0.2, 0) is 6.54 Å². The summed E-state index contributed by atoms with van der Waals surface area (Å²) in [6.07, 6.45) is 7.54. The highest BCUT2D eigenvalue weighted by Crippen LogP contribution is 2.29. The Morgan fingerprint density at radius 3 is 3.00 bits per heavy atom. The van der Waals surface area contributed by atoms with Crippen LogP contribution in [0.1, 0.15) is 30.4 Å². The molecule has 0 bridgehead atoms. The maximum Gasteiger partial charge on any atom is 0.0376 e. The average Bonchev–Trinajstić information content (AvgIpc) is 2.65. The van der Waals surface area contributed by atoms with Crippen molar-refractivity contribution in [3.05, 3.63) is 29.6 Å². The van der Waals surface area contributed by atoms with Gasteiger partial charge < -0.3 is 5.32 Å². The molecular weight excluding hydrogens is 220 g/mol. The first-order valence-corrected chi connectivity index (χ1v) is 6.44. The largest absolute Gasteiger partial charge is 0.312 e. The van der Waals surface area contributed by atoms with Gasteiger partial charge >= 0.3 is 0 Å². The number of hydrogen-bond acceptors (Lipinski definition) is 2. The van der Waals surface area contributed by atoms with Crippen LogP contribution >= 0.6 is 11.6 Å². The minimum atomic E-state index is 0.378. The number of nitrogens with zero attached hydrogens (tertiary/aromatic N) is 1. The van der Waals surface area contributed by atoms with Crippen LogP contribution < -0.4 is 5.32 Å². The fourth-order valence-corrected chi connectivity index (χ4v) is 2.71. The monoisotopic (exact) mass is 238 g/mol. The first kappa shape index (κ1) is 11.9. The summed E-state index contributed by atoms with van der Waals surface area (Å²) in [4.78, 5) is 4.18. The van der Waals surface area contributed by atoms with E-state index >= 15 is 0 Å². The lowest BCUT2D eigenvalue weighted by Gasteiger charge is -2.14. The van der Waals surface area contributed by atoms with Crippen LogP contribution in [0.3, 0.4) is 0 Å². The van der Waals surface area contributed by atoms with E-state index in [-0.39, 0.29) is 0 Å². The Bertz CT molecular complexity index is 340. The van der Waals surface area contributed by atoms with E-state index in [0.29, 0.717) is 11.3 Å². The zero-order valence-electron chi connectivity index (χ0n) is 9.75. The van der Waals surface area contributed by atoms with E-state index in [4.69, 9.17) is 11.6 Å². The Hall–Kier alpha value is -0.600. The summed E-state index contributed by atoms with van der Waals surface area (Å²) in [5.41, 5.74) is 2.47. The van der Waals surface area contributed by atoms with Gasteiger partial charge in [-0.25, -0.2) is 0 Å². The van der Waals surface area contributed by atoms with Crippen molar-refractivity contribution < 1.29 is 0 Å². The Balaban J connectivity index is 1.75. The van der Waals surface area contributed by atoms with Gasteiger partial charge in [-0.3, -0.25) is 4.98 Å². The molecule has 0 aromatic carbocycles. The van der Waals surface area contributed by atoms with Crippen molar-refractivity contribution in [1.29, 1.82) is 0 Å². The van der Waals surface area contributed by atoms with Gasteiger partial charge in [-0.05, 0) is 43.4 Å². The van der Waals surface area contributed by atoms with Crippen LogP contribution in [0, 0.1) is 12.8 Å². The molecule has 2 rings (SSSR count). The van der Waals surface area contributed by atoms with E-state index in [1.54, 1.807) is 0 Å². The van der Waals surface area contributed by atoms with Gasteiger partial charge in [0.2, 0.25) is 0 Å². The van der Waals surface area contributed by atoms with Gasteiger partial charge in [0.25, 0.3) is 0 Å². The lowest BCUT2D eigenvalue weighted by atomic mass is 10.1. The molecule has 1 heterocycles. The molecule has 88 valence electrons. The molecule has 16 heavy (non-hydrogen) atoms. The minimum absolute atomic E-state index is 0.378. The number of pyridine rings is 1. The van der Waals surface area contributed by atoms with Gasteiger partial charge in [-0.15, -0.1) is 11.6 Å². The highest BCUT2D eigenvalue weighted by Gasteiger charge is 2.24. The zero-order valence-corrected chi connectivity index (χ0v) is 10.5. The van der Waals surface area contributed by atoms with Crippen molar-refractivity contribution in [2.45, 2.75) is 38.1 Å². The van der Waals surface area contributed by atoms with Crippen LogP contribution in [0.4, 0.5) is 0 Å². The predicted molar refractivity (Wildman–Crippen MR) is 67.7 cm³/mol. The second kappa shape index (κ2) is 5.65. The fourth-order valence-electron chi connectivity index (χ4n) is 2.34. The van der Waals surface area contributed by atoms with Gasteiger partial charge in [0.15, 0.2) is 0 Å². The smallest absolute Gasteiger partial charge is 0.0376 e. The summed E-state index contributed by atoms with van der Waals surface area (Å²) in [7, 11) is 0. The Morgan fingerprint density at radius 1 is 1.44 bits per heavy atom. The normalized spacial score (nSPS) is 24.9. The maximum atomic E-state index is 6.23. The molecule has 0 spiro atoms. The molecule has 1 fully saturated rings. The summed E-state index contributed by atoms with van der Waals surface area (Å²) in [5, 5.41) is 3.85. The summed E-state index contributed by atoms with van der Waals surface area (Å²) in [6, 6.07) is 2.17. The van der Waals surface area contributed by atoms with Crippen molar-refractivity contribution in [3.63, 3.8) is 0 Å². The number of nitrogens with one attached hydrogen (secondary N) is 1. The molecule has 2 atom stereocenters. The third-order valence-electron chi connectivity index (χ3n) is 3.23. The van der Waals surface area contributed by atoms with Crippen molar-refractivity contribution in [2.75, 3.05) is 6.54 Å². The summed E-state index contributed by atoms with van der Waals surface area (Å²) < 4.78 is 0. The average molecular weight is 239 g/mol. The maximum absolute atomic E-state index is 6.23. The Morgan fingerprint density at radius 2 is 2.31 bits per heavy atom. The number of aryl methyl sites for hydroxylation is 1. The van der Waals surface area contributed by atoms with Gasteiger partial charge in [-0.1, -0.05) is 12.5 Å². The molecule has 0 saturated heterocycles. The van der Waals surface area contributed by atoms with Crippen molar-refractivity contribution in [1.82, 2.24) is 10.3 Å². The van der Waals surface area contributed by atoms with Crippen molar-refractivity contribution in [3.8, 4) is 0 Å². The van der Waals surface area contributed by atoms with E-state index in [2.05, 4.69) is 23.3 Å². The predicted octanol–water partition coefficient (Wildman–Crippen LogP) is 2.89. The van der Waals surface area contributed by atoms with E-state index in [0.717, 1.165) is 13.1 Å². The van der Waals surface area contributed by atoms with Gasteiger partial charge in [0.1, 0.15) is 0 Å². The first-order chi connectivity index (χ1) is 7.75. The molecule has 3 heteroatoms. The van der Waals surface area contributed by atoms with Gasteiger partial charge in [-0.2, -0.15) is 0 Å². The topological polar surface area (TPSA) is 24.9 Å². The first-order valence-electron chi connectivity index (χ1n) is 6.01. The van der Waals surface area contributed by atoms with Crippen LogP contribution in [-0.4, -0.2) is 16.9 Å². The number of halogens is 1. The summed E-state index contributed by atoms with van der Waals surface area (Å²) in [6.45, 7) is 4.00. The molecule has 0 radical (unpaired) electrons. The zero-order chi connectivity index (χ0) is 11.4. The molecule has 0 amide bonds. The van der Waals surface area contributed by atoms with E-state index in [9.17, 15) is 0 Å². The summed E-state index contributed by atoms with van der Waals surface area (Å²) in [5.74, 6) is 0.652. The van der Waals surface area contributed by atoms with E-state index in [1.165, 1.54) is 30.4 Å². The van der Waals surface area contributed by atoms with E-state index in [1.807, 2.05) is 12.4 Å². The molecule has 1 aromatic heterocycles. The highest BCUT2D eigenvalue weighted by atomic mass is 35.5. The molecular formula is C13H19ClN2. The second-order valence-electron chi connectivity index (χ2n) is 4.71. The van der Waals surface area contributed by atoms with Crippen LogP contribution in [0.15, 0.2) is 18.5 Å². The third-order valence-corrected chi connectivity index (χ3v) is 3.81. The van der Waals surface area contributed by atoms with Crippen molar-refractivity contribution in [2.24, 2.45) is 5.92 Å². The molecule has 0 aliphatic heterocycles. The number of alkyl halides is 1. The molecule has 1 aliphatic carbocycles. The standard InChI is InChI=1S/C13H19ClN2/c1-10-5-11(7-15-6-10)8-16-9-12-3-2-4-13(12)14/h5-7,12-13,16H,2-4,8-9H2,1H3. The van der Waals surface area contributed by atoms with E-state index < -0.39 is 0 Å². The number of aromatic nitrogens is 1. The Labute approximate surface area is 102 Å². The number of rotatable bonds is 4. The highest BCUT2D eigenvalue weighted by molar-refractivity contribution is 6.20. The van der Waals surface area contributed by atoms with Crippen LogP contribution in [0.25, 0.3) is 0 Å². The number of hydrogen-bond donors (Lipinski definition) is 1. The molecule has 2 unspecified atom stereocenters. The molecule has 1 aromatic rings. The van der Waals surface area contributed by atoms with Crippen LogP contribution in [0.5, 0.6) is 0 Å². The molecule has 1 saturated carbocycles.